The van der Waals surface area contributed by atoms with E-state index in [4.69, 9.17) is 5.73 Å². The number of hydrogen-bond acceptors (Lipinski definition) is 2. The Morgan fingerprint density at radius 3 is 2.70 bits per heavy atom. The number of rotatable bonds is 4. The van der Waals surface area contributed by atoms with E-state index >= 15 is 0 Å². The van der Waals surface area contributed by atoms with E-state index in [-0.39, 0.29) is 0 Å². The van der Waals surface area contributed by atoms with Gasteiger partial charge in [-0.2, -0.15) is 0 Å². The second-order valence-corrected chi connectivity index (χ2v) is 6.96. The number of aliphatic imine (C=N–C) groups is 1. The molecule has 1 aliphatic heterocycles. The summed E-state index contributed by atoms with van der Waals surface area (Å²) in [5.74, 6) is 0.684. The summed E-state index contributed by atoms with van der Waals surface area (Å²) in [6.45, 7) is 5.48. The Labute approximate surface area is 123 Å². The average Bonchev–Trinajstić information content (AvgIpc) is 3.10. The van der Waals surface area contributed by atoms with Crippen LogP contribution >= 0.6 is 0 Å². The number of guanidine groups is 1. The Balaban J connectivity index is 1.49. The van der Waals surface area contributed by atoms with E-state index in [1.54, 1.807) is 0 Å². The molecule has 3 aliphatic rings. The molecule has 1 spiro atoms. The molecule has 2 unspecified atom stereocenters. The normalized spacial score (nSPS) is 33.5. The Morgan fingerprint density at radius 2 is 2.05 bits per heavy atom. The van der Waals surface area contributed by atoms with E-state index < -0.39 is 0 Å². The molecule has 4 heteroatoms. The third kappa shape index (κ3) is 2.67. The van der Waals surface area contributed by atoms with Crippen LogP contribution in [0.3, 0.4) is 0 Å². The van der Waals surface area contributed by atoms with Crippen LogP contribution in [0.1, 0.15) is 58.3 Å². The van der Waals surface area contributed by atoms with Gasteiger partial charge in [0.25, 0.3) is 0 Å². The maximum absolute atomic E-state index is 6.12. The summed E-state index contributed by atoms with van der Waals surface area (Å²) < 4.78 is 0. The first-order valence-corrected chi connectivity index (χ1v) is 8.54. The smallest absolute Gasteiger partial charge is 0.188 e. The summed E-state index contributed by atoms with van der Waals surface area (Å²) >= 11 is 0. The zero-order valence-corrected chi connectivity index (χ0v) is 12.9. The number of likely N-dealkylation sites (N-methyl/N-ethyl adjacent to an activating group) is 1. The largest absolute Gasteiger partial charge is 0.370 e. The molecule has 1 saturated heterocycles. The molecule has 0 bridgehead atoms. The molecule has 0 aromatic carbocycles. The number of likely N-dealkylation sites (tertiary alicyclic amines) is 1. The molecule has 3 fully saturated rings. The molecule has 0 amide bonds. The molecule has 0 aromatic rings. The first kappa shape index (κ1) is 14.2. The van der Waals surface area contributed by atoms with Crippen LogP contribution in [0.5, 0.6) is 0 Å². The lowest BCUT2D eigenvalue weighted by Gasteiger charge is -2.48. The molecule has 2 aliphatic carbocycles. The summed E-state index contributed by atoms with van der Waals surface area (Å²) in [7, 11) is 0. The van der Waals surface area contributed by atoms with Crippen molar-refractivity contribution in [3.05, 3.63) is 0 Å². The lowest BCUT2D eigenvalue weighted by Crippen LogP contribution is -2.55. The van der Waals surface area contributed by atoms with E-state index in [2.05, 4.69) is 22.1 Å². The Hall–Kier alpha value is -0.770. The van der Waals surface area contributed by atoms with Crippen LogP contribution in [0.25, 0.3) is 0 Å². The predicted octanol–water partition coefficient (Wildman–Crippen LogP) is 2.10. The maximum atomic E-state index is 6.12. The Kier molecular flexibility index (Phi) is 4.20. The third-order valence-corrected chi connectivity index (χ3v) is 5.97. The van der Waals surface area contributed by atoms with Gasteiger partial charge >= 0.3 is 0 Å². The van der Waals surface area contributed by atoms with Crippen LogP contribution in [0.15, 0.2) is 4.99 Å². The van der Waals surface area contributed by atoms with Gasteiger partial charge in [-0.05, 0) is 57.0 Å². The van der Waals surface area contributed by atoms with Gasteiger partial charge in [0.1, 0.15) is 0 Å². The van der Waals surface area contributed by atoms with Crippen LogP contribution < -0.4 is 11.1 Å². The van der Waals surface area contributed by atoms with Gasteiger partial charge in [0.05, 0.1) is 6.54 Å². The second kappa shape index (κ2) is 5.92. The summed E-state index contributed by atoms with van der Waals surface area (Å²) in [6.07, 6.45) is 10.9. The van der Waals surface area contributed by atoms with Gasteiger partial charge < -0.3 is 11.1 Å². The Bertz CT molecular complexity index is 359. The fourth-order valence-corrected chi connectivity index (χ4v) is 4.55. The van der Waals surface area contributed by atoms with Gasteiger partial charge in [-0.15, -0.1) is 0 Å². The summed E-state index contributed by atoms with van der Waals surface area (Å²) in [6, 6.07) is 1.21. The van der Waals surface area contributed by atoms with Crippen molar-refractivity contribution in [1.29, 1.82) is 0 Å². The van der Waals surface area contributed by atoms with Crippen molar-refractivity contribution in [2.24, 2.45) is 16.1 Å². The standard InChI is InChI=1S/C16H30N4/c1-2-20-11-5-6-13(20)12-18-15(17)19-14-7-10-16(14)8-3-4-9-16/h13-14H,2-12H2,1H3,(H3,17,18,19). The zero-order valence-electron chi connectivity index (χ0n) is 12.9. The number of hydrogen-bond donors (Lipinski definition) is 2. The van der Waals surface area contributed by atoms with Crippen molar-refractivity contribution in [1.82, 2.24) is 10.2 Å². The molecule has 1 heterocycles. The molecule has 20 heavy (non-hydrogen) atoms. The highest BCUT2D eigenvalue weighted by molar-refractivity contribution is 5.78. The van der Waals surface area contributed by atoms with Crippen molar-refractivity contribution in [2.45, 2.75) is 70.4 Å². The van der Waals surface area contributed by atoms with Gasteiger partial charge in [0.2, 0.25) is 0 Å². The highest BCUT2D eigenvalue weighted by Crippen LogP contribution is 2.53. The molecule has 2 saturated carbocycles. The number of nitrogens with one attached hydrogen (secondary N) is 1. The molecule has 3 N–H and O–H groups in total. The van der Waals surface area contributed by atoms with Gasteiger partial charge in [-0.3, -0.25) is 9.89 Å². The minimum atomic E-state index is 0.572. The van der Waals surface area contributed by atoms with E-state index in [1.165, 1.54) is 57.9 Å². The van der Waals surface area contributed by atoms with Crippen molar-refractivity contribution in [3.8, 4) is 0 Å². The predicted molar refractivity (Wildman–Crippen MR) is 83.8 cm³/mol. The van der Waals surface area contributed by atoms with Crippen molar-refractivity contribution >= 4 is 5.96 Å². The van der Waals surface area contributed by atoms with Gasteiger partial charge in [-0.1, -0.05) is 19.8 Å². The molecule has 2 atom stereocenters. The monoisotopic (exact) mass is 278 g/mol. The topological polar surface area (TPSA) is 53.6 Å². The fourth-order valence-electron chi connectivity index (χ4n) is 4.55. The molecule has 4 nitrogen and oxygen atoms in total. The molecular weight excluding hydrogens is 248 g/mol. The minimum Gasteiger partial charge on any atom is -0.370 e. The fraction of sp³-hybridized carbons (Fsp3) is 0.938. The third-order valence-electron chi connectivity index (χ3n) is 5.97. The van der Waals surface area contributed by atoms with Crippen molar-refractivity contribution in [3.63, 3.8) is 0 Å². The zero-order chi connectivity index (χ0) is 14.0. The van der Waals surface area contributed by atoms with E-state index in [1.807, 2.05) is 0 Å². The summed E-state index contributed by atoms with van der Waals surface area (Å²) in [5.41, 5.74) is 6.69. The van der Waals surface area contributed by atoms with Gasteiger partial charge in [0, 0.05) is 12.1 Å². The average molecular weight is 278 g/mol. The SMILES string of the molecule is CCN1CCCC1CN=C(N)NC1CCC12CCCC2. The molecular formula is C16H30N4. The highest BCUT2D eigenvalue weighted by atomic mass is 15.2. The molecule has 0 aromatic heterocycles. The maximum Gasteiger partial charge on any atom is 0.188 e. The molecule has 3 rings (SSSR count). The second-order valence-electron chi connectivity index (χ2n) is 6.96. The Morgan fingerprint density at radius 1 is 1.25 bits per heavy atom. The van der Waals surface area contributed by atoms with Crippen LogP contribution in [-0.4, -0.2) is 42.6 Å². The lowest BCUT2D eigenvalue weighted by molar-refractivity contribution is 0.0872. The number of nitrogens with zero attached hydrogens (tertiary/aromatic N) is 2. The molecule has 114 valence electrons. The van der Waals surface area contributed by atoms with Crippen molar-refractivity contribution in [2.75, 3.05) is 19.6 Å². The van der Waals surface area contributed by atoms with Crippen LogP contribution in [0.4, 0.5) is 0 Å². The lowest BCUT2D eigenvalue weighted by atomic mass is 9.63. The van der Waals surface area contributed by atoms with Crippen LogP contribution in [-0.2, 0) is 0 Å². The van der Waals surface area contributed by atoms with Gasteiger partial charge in [0.15, 0.2) is 5.96 Å². The quantitative estimate of drug-likeness (QED) is 0.611. The summed E-state index contributed by atoms with van der Waals surface area (Å²) in [4.78, 5) is 7.15. The van der Waals surface area contributed by atoms with E-state index in [9.17, 15) is 0 Å². The summed E-state index contributed by atoms with van der Waals surface area (Å²) in [5, 5.41) is 3.52. The number of nitrogens with two attached hydrogens (primary N) is 1. The first-order valence-electron chi connectivity index (χ1n) is 8.54. The highest BCUT2D eigenvalue weighted by Gasteiger charge is 2.48. The first-order chi connectivity index (χ1) is 9.73. The van der Waals surface area contributed by atoms with E-state index in [0.29, 0.717) is 23.5 Å². The van der Waals surface area contributed by atoms with Crippen LogP contribution in [0, 0.1) is 5.41 Å². The minimum absolute atomic E-state index is 0.572. The molecule has 0 radical (unpaired) electrons. The van der Waals surface area contributed by atoms with Crippen molar-refractivity contribution < 1.29 is 0 Å². The van der Waals surface area contributed by atoms with Gasteiger partial charge in [-0.25, -0.2) is 0 Å². The van der Waals surface area contributed by atoms with E-state index in [0.717, 1.165) is 13.1 Å². The van der Waals surface area contributed by atoms with Crippen LogP contribution in [0.2, 0.25) is 0 Å².